The molecule has 0 aliphatic carbocycles. The van der Waals surface area contributed by atoms with Gasteiger partial charge in [0, 0.05) is 30.8 Å². The number of morpholine rings is 1. The second-order valence-corrected chi connectivity index (χ2v) is 5.68. The zero-order valence-electron chi connectivity index (χ0n) is 12.9. The first-order chi connectivity index (χ1) is 11.1. The number of ether oxygens (including phenoxy) is 1. The Balaban J connectivity index is 1.83. The fourth-order valence-electron chi connectivity index (χ4n) is 2.74. The molecule has 120 valence electrons. The molecule has 0 unspecified atom stereocenters. The van der Waals surface area contributed by atoms with Crippen LogP contribution in [-0.2, 0) is 11.3 Å². The zero-order valence-corrected chi connectivity index (χ0v) is 12.9. The smallest absolute Gasteiger partial charge is 0.248 e. The quantitative estimate of drug-likeness (QED) is 0.905. The first kappa shape index (κ1) is 15.5. The number of primary amides is 1. The molecule has 0 radical (unpaired) electrons. The van der Waals surface area contributed by atoms with Gasteiger partial charge in [0.1, 0.15) is 5.75 Å². The van der Waals surface area contributed by atoms with E-state index in [-0.39, 0.29) is 5.75 Å². The Morgan fingerprint density at radius 3 is 2.48 bits per heavy atom. The number of hydrogen-bond acceptors (Lipinski definition) is 4. The Bertz CT molecular complexity index is 692. The van der Waals surface area contributed by atoms with E-state index in [0.29, 0.717) is 5.56 Å². The van der Waals surface area contributed by atoms with Gasteiger partial charge < -0.3 is 15.6 Å². The number of aromatic hydroxyl groups is 1. The fourth-order valence-corrected chi connectivity index (χ4v) is 2.74. The molecule has 0 aromatic heterocycles. The highest BCUT2D eigenvalue weighted by Gasteiger charge is 2.12. The molecule has 5 heteroatoms. The van der Waals surface area contributed by atoms with Gasteiger partial charge in [0.25, 0.3) is 0 Å². The van der Waals surface area contributed by atoms with Gasteiger partial charge in [0.2, 0.25) is 5.91 Å². The molecule has 2 aromatic carbocycles. The standard InChI is InChI=1S/C18H20N2O3/c19-18(22)15-4-2-14(3-5-15)16-11-13(1-6-17(16)21)12-20-7-9-23-10-8-20/h1-6,11,21H,7-10,12H2,(H2,19,22). The average molecular weight is 312 g/mol. The normalized spacial score (nSPS) is 15.5. The van der Waals surface area contributed by atoms with Crippen LogP contribution in [0.5, 0.6) is 5.75 Å². The second-order valence-electron chi connectivity index (χ2n) is 5.68. The number of nitrogens with zero attached hydrogens (tertiary/aromatic N) is 1. The molecule has 0 atom stereocenters. The minimum atomic E-state index is -0.457. The van der Waals surface area contributed by atoms with Crippen molar-refractivity contribution < 1.29 is 14.6 Å². The molecule has 1 aliphatic rings. The molecule has 5 nitrogen and oxygen atoms in total. The topological polar surface area (TPSA) is 75.8 Å². The molecule has 2 aromatic rings. The van der Waals surface area contributed by atoms with Gasteiger partial charge in [-0.1, -0.05) is 18.2 Å². The van der Waals surface area contributed by atoms with Crippen LogP contribution in [0.2, 0.25) is 0 Å². The first-order valence-corrected chi connectivity index (χ1v) is 7.66. The van der Waals surface area contributed by atoms with Gasteiger partial charge in [0.05, 0.1) is 13.2 Å². The third-order valence-corrected chi connectivity index (χ3v) is 4.05. The van der Waals surface area contributed by atoms with Crippen LogP contribution in [0.1, 0.15) is 15.9 Å². The van der Waals surface area contributed by atoms with Crippen molar-refractivity contribution in [1.29, 1.82) is 0 Å². The van der Waals surface area contributed by atoms with Crippen LogP contribution >= 0.6 is 0 Å². The van der Waals surface area contributed by atoms with Crippen molar-refractivity contribution in [3.63, 3.8) is 0 Å². The number of phenolic OH excluding ortho intramolecular Hbond substituents is 1. The lowest BCUT2D eigenvalue weighted by molar-refractivity contribution is 0.0342. The van der Waals surface area contributed by atoms with E-state index in [9.17, 15) is 9.90 Å². The third-order valence-electron chi connectivity index (χ3n) is 4.05. The molecule has 3 N–H and O–H groups in total. The third kappa shape index (κ3) is 3.70. The number of amides is 1. The Hall–Kier alpha value is -2.37. The summed E-state index contributed by atoms with van der Waals surface area (Å²) >= 11 is 0. The number of nitrogens with two attached hydrogens (primary N) is 1. The maximum atomic E-state index is 11.1. The van der Waals surface area contributed by atoms with Crippen molar-refractivity contribution in [2.24, 2.45) is 5.73 Å². The number of hydrogen-bond donors (Lipinski definition) is 2. The summed E-state index contributed by atoms with van der Waals surface area (Å²) in [4.78, 5) is 13.5. The molecular formula is C18H20N2O3. The van der Waals surface area contributed by atoms with Crippen LogP contribution in [-0.4, -0.2) is 42.2 Å². The molecule has 0 spiro atoms. The zero-order chi connectivity index (χ0) is 16.2. The SMILES string of the molecule is NC(=O)c1ccc(-c2cc(CN3CCOCC3)ccc2O)cc1. The van der Waals surface area contributed by atoms with Gasteiger partial charge in [-0.25, -0.2) is 0 Å². The van der Waals surface area contributed by atoms with Gasteiger partial charge in [-0.3, -0.25) is 9.69 Å². The van der Waals surface area contributed by atoms with E-state index in [0.717, 1.165) is 49.5 Å². The molecule has 1 heterocycles. The molecule has 1 fully saturated rings. The Morgan fingerprint density at radius 2 is 1.83 bits per heavy atom. The number of phenols is 1. The van der Waals surface area contributed by atoms with Crippen LogP contribution in [0, 0.1) is 0 Å². The summed E-state index contributed by atoms with van der Waals surface area (Å²) in [5.41, 5.74) is 8.46. The lowest BCUT2D eigenvalue weighted by atomic mass is 10.00. The minimum absolute atomic E-state index is 0.225. The largest absolute Gasteiger partial charge is 0.507 e. The summed E-state index contributed by atoms with van der Waals surface area (Å²) in [7, 11) is 0. The lowest BCUT2D eigenvalue weighted by Crippen LogP contribution is -2.35. The van der Waals surface area contributed by atoms with Crippen LogP contribution < -0.4 is 5.73 Å². The molecule has 1 aliphatic heterocycles. The highest BCUT2D eigenvalue weighted by Crippen LogP contribution is 2.30. The van der Waals surface area contributed by atoms with E-state index in [2.05, 4.69) is 4.90 Å². The first-order valence-electron chi connectivity index (χ1n) is 7.66. The van der Waals surface area contributed by atoms with Crippen LogP contribution in [0.25, 0.3) is 11.1 Å². The van der Waals surface area contributed by atoms with E-state index < -0.39 is 5.91 Å². The highest BCUT2D eigenvalue weighted by atomic mass is 16.5. The van der Waals surface area contributed by atoms with Crippen molar-refractivity contribution in [1.82, 2.24) is 4.90 Å². The summed E-state index contributed by atoms with van der Waals surface area (Å²) in [6, 6.07) is 12.6. The number of carbonyl (C=O) groups excluding carboxylic acids is 1. The second kappa shape index (κ2) is 6.81. The number of carbonyl (C=O) groups is 1. The average Bonchev–Trinajstić information content (AvgIpc) is 2.58. The molecule has 1 amide bonds. The monoisotopic (exact) mass is 312 g/mol. The van der Waals surface area contributed by atoms with Crippen molar-refractivity contribution in [2.45, 2.75) is 6.54 Å². The van der Waals surface area contributed by atoms with Gasteiger partial charge >= 0.3 is 0 Å². The lowest BCUT2D eigenvalue weighted by Gasteiger charge is -2.26. The van der Waals surface area contributed by atoms with Crippen molar-refractivity contribution in [2.75, 3.05) is 26.3 Å². The van der Waals surface area contributed by atoms with Crippen LogP contribution in [0.4, 0.5) is 0 Å². The Morgan fingerprint density at radius 1 is 1.13 bits per heavy atom. The molecule has 1 saturated heterocycles. The summed E-state index contributed by atoms with van der Waals surface area (Å²) < 4.78 is 5.36. The summed E-state index contributed by atoms with van der Waals surface area (Å²) in [5, 5.41) is 10.1. The van der Waals surface area contributed by atoms with Crippen LogP contribution in [0.3, 0.4) is 0 Å². The highest BCUT2D eigenvalue weighted by molar-refractivity contribution is 5.93. The molecule has 23 heavy (non-hydrogen) atoms. The van der Waals surface area contributed by atoms with Gasteiger partial charge in [0.15, 0.2) is 0 Å². The van der Waals surface area contributed by atoms with Gasteiger partial charge in [-0.05, 0) is 35.4 Å². The van der Waals surface area contributed by atoms with E-state index in [1.807, 2.05) is 12.1 Å². The van der Waals surface area contributed by atoms with Gasteiger partial charge in [-0.15, -0.1) is 0 Å². The summed E-state index contributed by atoms with van der Waals surface area (Å²) in [6.45, 7) is 4.20. The Labute approximate surface area is 135 Å². The van der Waals surface area contributed by atoms with E-state index in [1.165, 1.54) is 0 Å². The summed E-state index contributed by atoms with van der Waals surface area (Å²) in [6.07, 6.45) is 0. The van der Waals surface area contributed by atoms with E-state index >= 15 is 0 Å². The van der Waals surface area contributed by atoms with Gasteiger partial charge in [-0.2, -0.15) is 0 Å². The molecule has 0 saturated carbocycles. The maximum Gasteiger partial charge on any atom is 0.248 e. The fraction of sp³-hybridized carbons (Fsp3) is 0.278. The number of rotatable bonds is 4. The summed E-state index contributed by atoms with van der Waals surface area (Å²) in [5.74, 6) is -0.232. The van der Waals surface area contributed by atoms with E-state index in [4.69, 9.17) is 10.5 Å². The Kier molecular flexibility index (Phi) is 4.60. The van der Waals surface area contributed by atoms with Crippen molar-refractivity contribution >= 4 is 5.91 Å². The van der Waals surface area contributed by atoms with Crippen molar-refractivity contribution in [3.05, 3.63) is 53.6 Å². The predicted molar refractivity (Wildman–Crippen MR) is 88.2 cm³/mol. The molecule has 3 rings (SSSR count). The number of benzene rings is 2. The maximum absolute atomic E-state index is 11.1. The van der Waals surface area contributed by atoms with E-state index in [1.54, 1.807) is 30.3 Å². The minimum Gasteiger partial charge on any atom is -0.507 e. The van der Waals surface area contributed by atoms with Crippen molar-refractivity contribution in [3.8, 4) is 16.9 Å². The predicted octanol–water partition coefficient (Wildman–Crippen LogP) is 1.99. The molecule has 0 bridgehead atoms. The van der Waals surface area contributed by atoms with Crippen LogP contribution in [0.15, 0.2) is 42.5 Å². The molecular weight excluding hydrogens is 292 g/mol.